The highest BCUT2D eigenvalue weighted by molar-refractivity contribution is 4.73. The van der Waals surface area contributed by atoms with E-state index in [1.807, 2.05) is 0 Å². The third-order valence-corrected chi connectivity index (χ3v) is 3.05. The summed E-state index contributed by atoms with van der Waals surface area (Å²) in [4.78, 5) is 2.50. The van der Waals surface area contributed by atoms with E-state index in [0.29, 0.717) is 6.42 Å². The molecule has 0 aliphatic carbocycles. The highest BCUT2D eigenvalue weighted by Gasteiger charge is 2.16. The second-order valence-corrected chi connectivity index (χ2v) is 4.14. The average molecular weight is 195 g/mol. The van der Waals surface area contributed by atoms with E-state index in [4.69, 9.17) is 11.0 Å². The Bertz CT molecular complexity index is 177. The van der Waals surface area contributed by atoms with Crippen molar-refractivity contribution in [2.45, 2.75) is 32.1 Å². The SMILES string of the molecule is N#CCCCCN1CCC(CN)CC1. The molecule has 1 aliphatic heterocycles. The Morgan fingerprint density at radius 3 is 2.57 bits per heavy atom. The number of rotatable bonds is 5. The smallest absolute Gasteiger partial charge is 0.0621 e. The van der Waals surface area contributed by atoms with E-state index < -0.39 is 0 Å². The number of piperidine rings is 1. The number of hydrogen-bond acceptors (Lipinski definition) is 3. The third kappa shape index (κ3) is 4.08. The van der Waals surface area contributed by atoms with E-state index in [0.717, 1.165) is 18.9 Å². The molecule has 0 atom stereocenters. The highest BCUT2D eigenvalue weighted by atomic mass is 15.1. The summed E-state index contributed by atoms with van der Waals surface area (Å²) in [6, 6.07) is 2.19. The van der Waals surface area contributed by atoms with Gasteiger partial charge < -0.3 is 10.6 Å². The van der Waals surface area contributed by atoms with Crippen LogP contribution in [0.15, 0.2) is 0 Å². The summed E-state index contributed by atoms with van der Waals surface area (Å²) in [5, 5.41) is 8.39. The molecule has 0 aromatic rings. The van der Waals surface area contributed by atoms with Gasteiger partial charge in [-0.15, -0.1) is 0 Å². The van der Waals surface area contributed by atoms with Crippen LogP contribution in [0, 0.1) is 17.2 Å². The molecule has 0 aromatic heterocycles. The summed E-state index contributed by atoms with van der Waals surface area (Å²) in [6.45, 7) is 4.42. The molecule has 0 saturated carbocycles. The zero-order chi connectivity index (χ0) is 10.2. The van der Waals surface area contributed by atoms with Crippen molar-refractivity contribution in [3.63, 3.8) is 0 Å². The third-order valence-electron chi connectivity index (χ3n) is 3.05. The molecule has 0 bridgehead atoms. The molecular formula is C11H21N3. The lowest BCUT2D eigenvalue weighted by Crippen LogP contribution is -2.36. The lowest BCUT2D eigenvalue weighted by Gasteiger charge is -2.31. The van der Waals surface area contributed by atoms with Gasteiger partial charge in [-0.3, -0.25) is 0 Å². The summed E-state index contributed by atoms with van der Waals surface area (Å²) < 4.78 is 0. The first-order chi connectivity index (χ1) is 6.86. The van der Waals surface area contributed by atoms with Crippen LogP contribution in [0.4, 0.5) is 0 Å². The van der Waals surface area contributed by atoms with Gasteiger partial charge in [-0.2, -0.15) is 5.26 Å². The molecule has 1 rings (SSSR count). The average Bonchev–Trinajstić information content (AvgIpc) is 2.25. The quantitative estimate of drug-likeness (QED) is 0.674. The molecule has 3 nitrogen and oxygen atoms in total. The largest absolute Gasteiger partial charge is 0.330 e. The molecule has 1 saturated heterocycles. The molecule has 0 radical (unpaired) electrons. The van der Waals surface area contributed by atoms with Crippen molar-refractivity contribution in [1.82, 2.24) is 4.90 Å². The summed E-state index contributed by atoms with van der Waals surface area (Å²) in [6.07, 6.45) is 5.44. The Morgan fingerprint density at radius 2 is 2.00 bits per heavy atom. The van der Waals surface area contributed by atoms with Crippen LogP contribution in [0.1, 0.15) is 32.1 Å². The number of nitriles is 1. The monoisotopic (exact) mass is 195 g/mol. The number of unbranched alkanes of at least 4 members (excludes halogenated alkanes) is 2. The molecule has 1 fully saturated rings. The predicted molar refractivity (Wildman–Crippen MR) is 57.7 cm³/mol. The van der Waals surface area contributed by atoms with Crippen LogP contribution < -0.4 is 5.73 Å². The van der Waals surface area contributed by atoms with E-state index >= 15 is 0 Å². The first-order valence-electron chi connectivity index (χ1n) is 5.66. The van der Waals surface area contributed by atoms with Crippen LogP contribution in [0.3, 0.4) is 0 Å². The second-order valence-electron chi connectivity index (χ2n) is 4.14. The molecule has 1 aliphatic rings. The van der Waals surface area contributed by atoms with Crippen molar-refractivity contribution in [3.8, 4) is 6.07 Å². The van der Waals surface area contributed by atoms with E-state index in [1.165, 1.54) is 38.9 Å². The van der Waals surface area contributed by atoms with Gasteiger partial charge >= 0.3 is 0 Å². The summed E-state index contributed by atoms with van der Waals surface area (Å²) >= 11 is 0. The van der Waals surface area contributed by atoms with Crippen molar-refractivity contribution in [3.05, 3.63) is 0 Å². The molecule has 1 heterocycles. The second kappa shape index (κ2) is 6.80. The molecule has 14 heavy (non-hydrogen) atoms. The Hall–Kier alpha value is -0.590. The highest BCUT2D eigenvalue weighted by Crippen LogP contribution is 2.16. The van der Waals surface area contributed by atoms with Gasteiger partial charge in [0, 0.05) is 6.42 Å². The van der Waals surface area contributed by atoms with Gasteiger partial charge in [0.1, 0.15) is 0 Å². The van der Waals surface area contributed by atoms with Gasteiger partial charge in [-0.1, -0.05) is 0 Å². The Morgan fingerprint density at radius 1 is 1.29 bits per heavy atom. The molecule has 0 aromatic carbocycles. The number of hydrogen-bond donors (Lipinski definition) is 1. The first-order valence-corrected chi connectivity index (χ1v) is 5.66. The minimum atomic E-state index is 0.708. The maximum Gasteiger partial charge on any atom is 0.0621 e. The van der Waals surface area contributed by atoms with Crippen LogP contribution in [0.2, 0.25) is 0 Å². The van der Waals surface area contributed by atoms with Crippen LogP contribution >= 0.6 is 0 Å². The van der Waals surface area contributed by atoms with Crippen molar-refractivity contribution < 1.29 is 0 Å². The van der Waals surface area contributed by atoms with E-state index in [9.17, 15) is 0 Å². The molecule has 0 amide bonds. The molecule has 3 heteroatoms. The van der Waals surface area contributed by atoms with E-state index in [1.54, 1.807) is 0 Å². The zero-order valence-electron chi connectivity index (χ0n) is 8.91. The van der Waals surface area contributed by atoms with Crippen molar-refractivity contribution in [2.24, 2.45) is 11.7 Å². The van der Waals surface area contributed by atoms with Gasteiger partial charge in [0.25, 0.3) is 0 Å². The van der Waals surface area contributed by atoms with Gasteiger partial charge in [-0.25, -0.2) is 0 Å². The van der Waals surface area contributed by atoms with Crippen LogP contribution in [-0.4, -0.2) is 31.1 Å². The summed E-state index contributed by atoms with van der Waals surface area (Å²) in [7, 11) is 0. The molecule has 80 valence electrons. The zero-order valence-corrected chi connectivity index (χ0v) is 8.91. The van der Waals surface area contributed by atoms with Crippen LogP contribution in [-0.2, 0) is 0 Å². The normalized spacial score (nSPS) is 19.4. The van der Waals surface area contributed by atoms with E-state index in [2.05, 4.69) is 11.0 Å². The molecule has 0 spiro atoms. The number of nitrogens with two attached hydrogens (primary N) is 1. The maximum atomic E-state index is 8.39. The standard InChI is InChI=1S/C11H21N3/c12-6-2-1-3-7-14-8-4-11(10-13)5-9-14/h11H,1-5,7-10,13H2. The molecule has 0 unspecified atom stereocenters. The number of likely N-dealkylation sites (tertiary alicyclic amines) is 1. The van der Waals surface area contributed by atoms with E-state index in [-0.39, 0.29) is 0 Å². The minimum absolute atomic E-state index is 0.708. The molecular weight excluding hydrogens is 174 g/mol. The van der Waals surface area contributed by atoms with Gasteiger partial charge in [0.05, 0.1) is 6.07 Å². The van der Waals surface area contributed by atoms with Gasteiger partial charge in [0.15, 0.2) is 0 Å². The van der Waals surface area contributed by atoms with Gasteiger partial charge in [0.2, 0.25) is 0 Å². The Kier molecular flexibility index (Phi) is 5.58. The maximum absolute atomic E-state index is 8.39. The lowest BCUT2D eigenvalue weighted by atomic mass is 9.97. The number of nitrogens with zero attached hydrogens (tertiary/aromatic N) is 2. The summed E-state index contributed by atoms with van der Waals surface area (Å²) in [5.41, 5.74) is 5.63. The summed E-state index contributed by atoms with van der Waals surface area (Å²) in [5.74, 6) is 0.755. The predicted octanol–water partition coefficient (Wildman–Crippen LogP) is 1.35. The van der Waals surface area contributed by atoms with Crippen LogP contribution in [0.25, 0.3) is 0 Å². The van der Waals surface area contributed by atoms with Crippen molar-refractivity contribution in [2.75, 3.05) is 26.2 Å². The lowest BCUT2D eigenvalue weighted by molar-refractivity contribution is 0.185. The fourth-order valence-corrected chi connectivity index (χ4v) is 1.99. The fraction of sp³-hybridized carbons (Fsp3) is 0.909. The fourth-order valence-electron chi connectivity index (χ4n) is 1.99. The van der Waals surface area contributed by atoms with Crippen molar-refractivity contribution in [1.29, 1.82) is 5.26 Å². The van der Waals surface area contributed by atoms with Crippen molar-refractivity contribution >= 4 is 0 Å². The Labute approximate surface area is 86.9 Å². The van der Waals surface area contributed by atoms with Gasteiger partial charge in [-0.05, 0) is 57.8 Å². The first kappa shape index (κ1) is 11.5. The Balaban J connectivity index is 2.02. The molecule has 2 N–H and O–H groups in total. The van der Waals surface area contributed by atoms with Crippen LogP contribution in [0.5, 0.6) is 0 Å². The topological polar surface area (TPSA) is 53.0 Å². The minimum Gasteiger partial charge on any atom is -0.330 e.